The fourth-order valence-corrected chi connectivity index (χ4v) is 2.46. The number of anilines is 1. The van der Waals surface area contributed by atoms with Gasteiger partial charge in [0.15, 0.2) is 0 Å². The fraction of sp³-hybridized carbons (Fsp3) is 0.538. The standard InChI is InChI=1S/C13H19N3O2/c1-9-4-6-16(12(9)8-17)10-3-5-15-11(7-10)13(18)14-2/h3,5,7,9,12,17H,4,6,8H2,1-2H3,(H,14,18). The summed E-state index contributed by atoms with van der Waals surface area (Å²) < 4.78 is 0. The summed E-state index contributed by atoms with van der Waals surface area (Å²) in [6.07, 6.45) is 2.69. The van der Waals surface area contributed by atoms with Crippen molar-refractivity contribution in [3.8, 4) is 0 Å². The largest absolute Gasteiger partial charge is 0.394 e. The van der Waals surface area contributed by atoms with Gasteiger partial charge in [-0.3, -0.25) is 9.78 Å². The fourth-order valence-electron chi connectivity index (χ4n) is 2.46. The van der Waals surface area contributed by atoms with Gasteiger partial charge in [-0.25, -0.2) is 0 Å². The number of hydrogen-bond acceptors (Lipinski definition) is 4. The zero-order valence-electron chi connectivity index (χ0n) is 10.8. The van der Waals surface area contributed by atoms with Crippen molar-refractivity contribution in [2.45, 2.75) is 19.4 Å². The molecule has 1 aliphatic heterocycles. The van der Waals surface area contributed by atoms with Gasteiger partial charge in [-0.15, -0.1) is 0 Å². The molecule has 0 aromatic carbocycles. The molecule has 0 aliphatic carbocycles. The minimum atomic E-state index is -0.190. The number of aliphatic hydroxyl groups excluding tert-OH is 1. The lowest BCUT2D eigenvalue weighted by Crippen LogP contribution is -2.35. The van der Waals surface area contributed by atoms with Crippen LogP contribution >= 0.6 is 0 Å². The Morgan fingerprint density at radius 1 is 1.67 bits per heavy atom. The molecule has 0 spiro atoms. The zero-order chi connectivity index (χ0) is 13.1. The number of rotatable bonds is 3. The van der Waals surface area contributed by atoms with Crippen LogP contribution in [0.2, 0.25) is 0 Å². The number of aliphatic hydroxyl groups is 1. The topological polar surface area (TPSA) is 65.5 Å². The highest BCUT2D eigenvalue weighted by atomic mass is 16.3. The maximum atomic E-state index is 11.6. The Morgan fingerprint density at radius 2 is 2.44 bits per heavy atom. The first-order valence-electron chi connectivity index (χ1n) is 6.23. The molecule has 2 rings (SSSR count). The van der Waals surface area contributed by atoms with Gasteiger partial charge in [0.1, 0.15) is 5.69 Å². The van der Waals surface area contributed by atoms with Crippen molar-refractivity contribution in [3.05, 3.63) is 24.0 Å². The van der Waals surface area contributed by atoms with Crippen LogP contribution in [0, 0.1) is 5.92 Å². The van der Waals surface area contributed by atoms with E-state index in [4.69, 9.17) is 0 Å². The van der Waals surface area contributed by atoms with Gasteiger partial charge >= 0.3 is 0 Å². The van der Waals surface area contributed by atoms with E-state index in [1.165, 1.54) is 0 Å². The third kappa shape index (κ3) is 2.31. The van der Waals surface area contributed by atoms with Gasteiger partial charge in [0.2, 0.25) is 0 Å². The lowest BCUT2D eigenvalue weighted by Gasteiger charge is -2.27. The Bertz CT molecular complexity index is 436. The summed E-state index contributed by atoms with van der Waals surface area (Å²) >= 11 is 0. The molecule has 5 heteroatoms. The number of carbonyl (C=O) groups is 1. The lowest BCUT2D eigenvalue weighted by atomic mass is 10.0. The monoisotopic (exact) mass is 249 g/mol. The molecule has 1 saturated heterocycles. The highest BCUT2D eigenvalue weighted by molar-refractivity contribution is 5.92. The number of nitrogens with zero attached hydrogens (tertiary/aromatic N) is 2. The number of pyridine rings is 1. The van der Waals surface area contributed by atoms with Gasteiger partial charge in [0.25, 0.3) is 5.91 Å². The lowest BCUT2D eigenvalue weighted by molar-refractivity contribution is 0.0958. The second-order valence-electron chi connectivity index (χ2n) is 4.69. The number of aromatic nitrogens is 1. The average molecular weight is 249 g/mol. The van der Waals surface area contributed by atoms with Crippen LogP contribution in [0.25, 0.3) is 0 Å². The van der Waals surface area contributed by atoms with Crippen molar-refractivity contribution in [2.75, 3.05) is 25.1 Å². The molecule has 2 heterocycles. The van der Waals surface area contributed by atoms with Crippen LogP contribution in [0.5, 0.6) is 0 Å². The highest BCUT2D eigenvalue weighted by Gasteiger charge is 2.30. The molecule has 5 nitrogen and oxygen atoms in total. The van der Waals surface area contributed by atoms with Crippen LogP contribution < -0.4 is 10.2 Å². The van der Waals surface area contributed by atoms with E-state index in [1.54, 1.807) is 19.3 Å². The van der Waals surface area contributed by atoms with Crippen molar-refractivity contribution < 1.29 is 9.90 Å². The Balaban J connectivity index is 2.26. The first-order chi connectivity index (χ1) is 8.67. The first-order valence-corrected chi connectivity index (χ1v) is 6.23. The maximum Gasteiger partial charge on any atom is 0.269 e. The highest BCUT2D eigenvalue weighted by Crippen LogP contribution is 2.29. The van der Waals surface area contributed by atoms with Crippen LogP contribution in [-0.4, -0.2) is 42.2 Å². The summed E-state index contributed by atoms with van der Waals surface area (Å²) in [4.78, 5) is 17.8. The van der Waals surface area contributed by atoms with E-state index in [9.17, 15) is 9.90 Å². The Kier molecular flexibility index (Phi) is 3.81. The molecular formula is C13H19N3O2. The van der Waals surface area contributed by atoms with E-state index in [0.717, 1.165) is 18.7 Å². The summed E-state index contributed by atoms with van der Waals surface area (Å²) in [5.41, 5.74) is 1.36. The molecule has 1 aromatic rings. The molecule has 0 bridgehead atoms. The SMILES string of the molecule is CNC(=O)c1cc(N2CCC(C)C2CO)ccn1. The van der Waals surface area contributed by atoms with Gasteiger partial charge < -0.3 is 15.3 Å². The summed E-state index contributed by atoms with van der Waals surface area (Å²) in [5, 5.41) is 12.0. The van der Waals surface area contributed by atoms with E-state index < -0.39 is 0 Å². The minimum Gasteiger partial charge on any atom is -0.394 e. The quantitative estimate of drug-likeness (QED) is 0.825. The first kappa shape index (κ1) is 12.8. The summed E-state index contributed by atoms with van der Waals surface area (Å²) in [5.74, 6) is 0.274. The zero-order valence-corrected chi connectivity index (χ0v) is 10.8. The van der Waals surface area contributed by atoms with Crippen LogP contribution in [0.15, 0.2) is 18.3 Å². The molecule has 1 fully saturated rings. The molecule has 1 aliphatic rings. The minimum absolute atomic E-state index is 0.130. The number of amides is 1. The number of carbonyl (C=O) groups excluding carboxylic acids is 1. The average Bonchev–Trinajstić information content (AvgIpc) is 2.79. The van der Waals surface area contributed by atoms with Crippen LogP contribution in [0.4, 0.5) is 5.69 Å². The van der Waals surface area contributed by atoms with Crippen molar-refractivity contribution in [3.63, 3.8) is 0 Å². The molecule has 98 valence electrons. The van der Waals surface area contributed by atoms with Crippen molar-refractivity contribution in [1.82, 2.24) is 10.3 Å². The van der Waals surface area contributed by atoms with Gasteiger partial charge in [-0.1, -0.05) is 6.92 Å². The van der Waals surface area contributed by atoms with Crippen molar-refractivity contribution >= 4 is 11.6 Å². The van der Waals surface area contributed by atoms with E-state index in [0.29, 0.717) is 11.6 Å². The second kappa shape index (κ2) is 5.35. The molecule has 0 saturated carbocycles. The van der Waals surface area contributed by atoms with Gasteiger partial charge in [0.05, 0.1) is 12.6 Å². The molecule has 2 unspecified atom stereocenters. The Morgan fingerprint density at radius 3 is 3.11 bits per heavy atom. The predicted molar refractivity (Wildman–Crippen MR) is 69.6 cm³/mol. The van der Waals surface area contributed by atoms with Gasteiger partial charge in [0, 0.05) is 25.5 Å². The molecular weight excluding hydrogens is 230 g/mol. The summed E-state index contributed by atoms with van der Waals surface area (Å²) in [6, 6.07) is 3.79. The third-order valence-corrected chi connectivity index (χ3v) is 3.60. The van der Waals surface area contributed by atoms with Crippen molar-refractivity contribution in [1.29, 1.82) is 0 Å². The smallest absolute Gasteiger partial charge is 0.269 e. The van der Waals surface area contributed by atoms with E-state index in [1.807, 2.05) is 6.07 Å². The maximum absolute atomic E-state index is 11.6. The second-order valence-corrected chi connectivity index (χ2v) is 4.69. The number of hydrogen-bond donors (Lipinski definition) is 2. The van der Waals surface area contributed by atoms with E-state index in [-0.39, 0.29) is 18.6 Å². The van der Waals surface area contributed by atoms with Gasteiger partial charge in [-0.2, -0.15) is 0 Å². The third-order valence-electron chi connectivity index (χ3n) is 3.60. The molecule has 1 aromatic heterocycles. The summed E-state index contributed by atoms with van der Waals surface area (Å²) in [6.45, 7) is 3.18. The molecule has 2 atom stereocenters. The number of nitrogens with one attached hydrogen (secondary N) is 1. The Hall–Kier alpha value is -1.62. The molecule has 1 amide bonds. The molecule has 2 N–H and O–H groups in total. The van der Waals surface area contributed by atoms with Crippen LogP contribution in [0.3, 0.4) is 0 Å². The molecule has 18 heavy (non-hydrogen) atoms. The van der Waals surface area contributed by atoms with E-state index in [2.05, 4.69) is 22.1 Å². The van der Waals surface area contributed by atoms with E-state index >= 15 is 0 Å². The normalized spacial score (nSPS) is 23.2. The summed E-state index contributed by atoms with van der Waals surface area (Å²) in [7, 11) is 1.59. The van der Waals surface area contributed by atoms with Crippen LogP contribution in [0.1, 0.15) is 23.8 Å². The van der Waals surface area contributed by atoms with Gasteiger partial charge in [-0.05, 0) is 24.5 Å². The van der Waals surface area contributed by atoms with Crippen molar-refractivity contribution in [2.24, 2.45) is 5.92 Å². The molecule has 0 radical (unpaired) electrons. The Labute approximate surface area is 107 Å². The predicted octanol–water partition coefficient (Wildman–Crippen LogP) is 0.648. The van der Waals surface area contributed by atoms with Crippen LogP contribution in [-0.2, 0) is 0 Å².